The summed E-state index contributed by atoms with van der Waals surface area (Å²) < 4.78 is 5.87. The van der Waals surface area contributed by atoms with Gasteiger partial charge in [-0.15, -0.1) is 0 Å². The third-order valence-corrected chi connectivity index (χ3v) is 5.09. The molecule has 2 rings (SSSR count). The maximum absolute atomic E-state index is 6.46. The monoisotopic (exact) mass is 267 g/mol. The molecule has 1 unspecified atom stereocenters. The number of hydrogen-bond acceptors (Lipinski definition) is 3. The molecular weight excluding hydrogens is 242 g/mol. The van der Waals surface area contributed by atoms with Crippen molar-refractivity contribution < 1.29 is 4.74 Å². The summed E-state index contributed by atoms with van der Waals surface area (Å²) in [5.41, 5.74) is 7.81. The first-order chi connectivity index (χ1) is 8.77. The topological polar surface area (TPSA) is 35.2 Å². The lowest BCUT2D eigenvalue weighted by atomic mass is 9.84. The van der Waals surface area contributed by atoms with E-state index in [0.717, 1.165) is 25.7 Å². The van der Waals surface area contributed by atoms with Crippen LogP contribution in [0, 0.1) is 0 Å². The Morgan fingerprint density at radius 1 is 1.33 bits per heavy atom. The molecule has 0 radical (unpaired) electrons. The molecule has 0 aromatic carbocycles. The van der Waals surface area contributed by atoms with Crippen LogP contribution in [0.3, 0.4) is 0 Å². The van der Waals surface area contributed by atoms with Crippen molar-refractivity contribution in [1.29, 1.82) is 0 Å². The van der Waals surface area contributed by atoms with Crippen molar-refractivity contribution in [1.82, 2.24) is 0 Å². The number of hydrogen-bond donors (Lipinski definition) is 1. The van der Waals surface area contributed by atoms with Crippen molar-refractivity contribution in [3.63, 3.8) is 0 Å². The van der Waals surface area contributed by atoms with Gasteiger partial charge < -0.3 is 10.5 Å². The van der Waals surface area contributed by atoms with Gasteiger partial charge in [0.2, 0.25) is 0 Å². The highest BCUT2D eigenvalue weighted by molar-refractivity contribution is 7.07. The number of aryl methyl sites for hydroxylation is 1. The van der Waals surface area contributed by atoms with E-state index in [0.29, 0.717) is 0 Å². The molecule has 102 valence electrons. The minimum atomic E-state index is -0.0630. The molecule has 0 amide bonds. The predicted molar refractivity (Wildman–Crippen MR) is 78.1 cm³/mol. The van der Waals surface area contributed by atoms with Gasteiger partial charge >= 0.3 is 0 Å². The van der Waals surface area contributed by atoms with Crippen LogP contribution in [0.25, 0.3) is 0 Å². The standard InChI is InChI=1S/C15H25NOS/c1-17-15(9-4-2-3-5-10-15)14(16)7-6-13-8-11-18-12-13/h8,11-12,14H,2-7,9-10,16H2,1H3. The maximum atomic E-state index is 6.46. The molecule has 1 aromatic heterocycles. The van der Waals surface area contributed by atoms with E-state index >= 15 is 0 Å². The van der Waals surface area contributed by atoms with Gasteiger partial charge in [-0.2, -0.15) is 11.3 Å². The average Bonchev–Trinajstić information content (AvgIpc) is 2.79. The summed E-state index contributed by atoms with van der Waals surface area (Å²) in [7, 11) is 1.84. The van der Waals surface area contributed by atoms with Crippen molar-refractivity contribution in [2.24, 2.45) is 5.73 Å². The molecule has 2 N–H and O–H groups in total. The van der Waals surface area contributed by atoms with Crippen LogP contribution in [0.1, 0.15) is 50.5 Å². The zero-order valence-corrected chi connectivity index (χ0v) is 12.2. The van der Waals surface area contributed by atoms with E-state index in [9.17, 15) is 0 Å². The van der Waals surface area contributed by atoms with E-state index in [2.05, 4.69) is 16.8 Å². The van der Waals surface area contributed by atoms with Crippen LogP contribution in [-0.4, -0.2) is 18.8 Å². The summed E-state index contributed by atoms with van der Waals surface area (Å²) in [6.45, 7) is 0. The van der Waals surface area contributed by atoms with E-state index in [1.165, 1.54) is 31.2 Å². The van der Waals surface area contributed by atoms with Crippen LogP contribution >= 0.6 is 11.3 Å². The Bertz CT molecular complexity index is 328. The molecule has 1 heterocycles. The third kappa shape index (κ3) is 3.34. The van der Waals surface area contributed by atoms with E-state index in [1.807, 2.05) is 7.11 Å². The quantitative estimate of drug-likeness (QED) is 0.825. The van der Waals surface area contributed by atoms with Crippen LogP contribution in [0.15, 0.2) is 16.8 Å². The molecule has 1 aliphatic rings. The fourth-order valence-electron chi connectivity index (χ4n) is 3.07. The highest BCUT2D eigenvalue weighted by Crippen LogP contribution is 2.33. The number of ether oxygens (including phenoxy) is 1. The van der Waals surface area contributed by atoms with E-state index in [1.54, 1.807) is 11.3 Å². The van der Waals surface area contributed by atoms with Crippen LogP contribution in [0.5, 0.6) is 0 Å². The number of thiophene rings is 1. The Hall–Kier alpha value is -0.380. The van der Waals surface area contributed by atoms with Crippen LogP contribution < -0.4 is 5.73 Å². The SMILES string of the molecule is COC1(C(N)CCc2ccsc2)CCCCCC1. The van der Waals surface area contributed by atoms with Crippen LogP contribution in [0.2, 0.25) is 0 Å². The van der Waals surface area contributed by atoms with Crippen molar-refractivity contribution in [3.8, 4) is 0 Å². The highest BCUT2D eigenvalue weighted by Gasteiger charge is 2.36. The molecular formula is C15H25NOS. The zero-order valence-electron chi connectivity index (χ0n) is 11.4. The van der Waals surface area contributed by atoms with Gasteiger partial charge in [0.15, 0.2) is 0 Å². The van der Waals surface area contributed by atoms with Gasteiger partial charge in [0.05, 0.1) is 5.60 Å². The number of nitrogens with two attached hydrogens (primary N) is 1. The first kappa shape index (κ1) is 14.0. The fourth-order valence-corrected chi connectivity index (χ4v) is 3.78. The lowest BCUT2D eigenvalue weighted by Gasteiger charge is -2.37. The average molecular weight is 267 g/mol. The Morgan fingerprint density at radius 3 is 2.61 bits per heavy atom. The molecule has 3 heteroatoms. The second kappa shape index (κ2) is 6.69. The van der Waals surface area contributed by atoms with Crippen molar-refractivity contribution in [2.75, 3.05) is 7.11 Å². The summed E-state index contributed by atoms with van der Waals surface area (Å²) in [4.78, 5) is 0. The van der Waals surface area contributed by atoms with Gasteiger partial charge in [0.1, 0.15) is 0 Å². The molecule has 18 heavy (non-hydrogen) atoms. The van der Waals surface area contributed by atoms with Gasteiger partial charge in [-0.05, 0) is 48.1 Å². The van der Waals surface area contributed by atoms with Crippen LogP contribution in [-0.2, 0) is 11.2 Å². The second-order valence-electron chi connectivity index (χ2n) is 5.46. The van der Waals surface area contributed by atoms with Crippen molar-refractivity contribution in [2.45, 2.75) is 63.0 Å². The normalized spacial score (nSPS) is 21.4. The van der Waals surface area contributed by atoms with Crippen LogP contribution in [0.4, 0.5) is 0 Å². The molecule has 0 aliphatic heterocycles. The van der Waals surface area contributed by atoms with Gasteiger partial charge in [-0.25, -0.2) is 0 Å². The fraction of sp³-hybridized carbons (Fsp3) is 0.733. The van der Waals surface area contributed by atoms with E-state index < -0.39 is 0 Å². The Morgan fingerprint density at radius 2 is 2.06 bits per heavy atom. The predicted octanol–water partition coefficient (Wildman–Crippen LogP) is 3.75. The van der Waals surface area contributed by atoms with Gasteiger partial charge in [-0.3, -0.25) is 0 Å². The van der Waals surface area contributed by atoms with Crippen molar-refractivity contribution in [3.05, 3.63) is 22.4 Å². The second-order valence-corrected chi connectivity index (χ2v) is 6.24. The first-order valence-corrected chi connectivity index (χ1v) is 8.03. The molecule has 1 aliphatic carbocycles. The van der Waals surface area contributed by atoms with Crippen molar-refractivity contribution >= 4 is 11.3 Å². The molecule has 1 aromatic rings. The summed E-state index contributed by atoms with van der Waals surface area (Å²) >= 11 is 1.76. The lowest BCUT2D eigenvalue weighted by Crippen LogP contribution is -2.49. The summed E-state index contributed by atoms with van der Waals surface area (Å²) in [5.74, 6) is 0. The Balaban J connectivity index is 1.93. The summed E-state index contributed by atoms with van der Waals surface area (Å²) in [6, 6.07) is 2.37. The smallest absolute Gasteiger partial charge is 0.0828 e. The molecule has 2 nitrogen and oxygen atoms in total. The Labute approximate surface area is 115 Å². The minimum absolute atomic E-state index is 0.0630. The molecule has 1 fully saturated rings. The maximum Gasteiger partial charge on any atom is 0.0828 e. The minimum Gasteiger partial charge on any atom is -0.377 e. The Kier molecular flexibility index (Phi) is 5.22. The zero-order chi connectivity index (χ0) is 12.8. The largest absolute Gasteiger partial charge is 0.377 e. The summed E-state index contributed by atoms with van der Waals surface area (Å²) in [5, 5.41) is 4.36. The third-order valence-electron chi connectivity index (χ3n) is 4.36. The number of rotatable bonds is 5. The molecule has 1 atom stereocenters. The van der Waals surface area contributed by atoms with Gasteiger partial charge in [0, 0.05) is 13.2 Å². The van der Waals surface area contributed by atoms with E-state index in [-0.39, 0.29) is 11.6 Å². The van der Waals surface area contributed by atoms with Gasteiger partial charge in [-0.1, -0.05) is 25.7 Å². The van der Waals surface area contributed by atoms with Gasteiger partial charge in [0.25, 0.3) is 0 Å². The number of methoxy groups -OCH3 is 1. The molecule has 0 bridgehead atoms. The van der Waals surface area contributed by atoms with E-state index in [4.69, 9.17) is 10.5 Å². The first-order valence-electron chi connectivity index (χ1n) is 7.09. The molecule has 1 saturated carbocycles. The highest BCUT2D eigenvalue weighted by atomic mass is 32.1. The molecule has 0 spiro atoms. The lowest BCUT2D eigenvalue weighted by molar-refractivity contribution is -0.0448. The summed E-state index contributed by atoms with van der Waals surface area (Å²) in [6.07, 6.45) is 9.58. The molecule has 0 saturated heterocycles.